The van der Waals surface area contributed by atoms with E-state index in [0.717, 1.165) is 16.9 Å². The van der Waals surface area contributed by atoms with E-state index in [1.807, 2.05) is 50.6 Å². The van der Waals surface area contributed by atoms with Gasteiger partial charge in [-0.3, -0.25) is 4.79 Å². The van der Waals surface area contributed by atoms with Crippen LogP contribution in [0, 0.1) is 12.3 Å². The van der Waals surface area contributed by atoms with Crippen molar-refractivity contribution in [3.8, 4) is 0 Å². The van der Waals surface area contributed by atoms with Gasteiger partial charge in [0.2, 0.25) is 0 Å². The first-order valence-corrected chi connectivity index (χ1v) is 6.05. The lowest BCUT2D eigenvalue weighted by atomic mass is 9.84. The van der Waals surface area contributed by atoms with Crippen molar-refractivity contribution in [2.24, 2.45) is 18.2 Å². The van der Waals surface area contributed by atoms with E-state index in [2.05, 4.69) is 4.98 Å². The van der Waals surface area contributed by atoms with Gasteiger partial charge in [-0.2, -0.15) is 0 Å². The van der Waals surface area contributed by atoms with Crippen LogP contribution in [0.25, 0.3) is 11.0 Å². The van der Waals surface area contributed by atoms with Gasteiger partial charge in [0, 0.05) is 24.6 Å². The number of hydrogen-bond donors (Lipinski definition) is 1. The second-order valence-electron chi connectivity index (χ2n) is 5.34. The van der Waals surface area contributed by atoms with Gasteiger partial charge >= 0.3 is 0 Å². The normalized spacial score (nSPS) is 12.1. The van der Waals surface area contributed by atoms with E-state index < -0.39 is 5.41 Å². The Labute approximate surface area is 107 Å². The standard InChI is InChI=1S/C14H19N3O/c1-9-16-11-7-10(5-6-12(11)17(9)4)13(18)14(2,3)8-15/h5-7H,8,15H2,1-4H3. The van der Waals surface area contributed by atoms with Gasteiger partial charge in [-0.1, -0.05) is 13.8 Å². The zero-order valence-corrected chi connectivity index (χ0v) is 11.3. The van der Waals surface area contributed by atoms with Gasteiger partial charge in [-0.25, -0.2) is 4.98 Å². The van der Waals surface area contributed by atoms with Gasteiger partial charge in [0.25, 0.3) is 0 Å². The maximum Gasteiger partial charge on any atom is 0.169 e. The number of nitrogens with two attached hydrogens (primary N) is 1. The van der Waals surface area contributed by atoms with Crippen LogP contribution in [-0.4, -0.2) is 21.9 Å². The van der Waals surface area contributed by atoms with Crippen molar-refractivity contribution in [2.45, 2.75) is 20.8 Å². The first-order valence-electron chi connectivity index (χ1n) is 6.05. The number of carbonyl (C=O) groups is 1. The van der Waals surface area contributed by atoms with Crippen molar-refractivity contribution in [1.29, 1.82) is 0 Å². The summed E-state index contributed by atoms with van der Waals surface area (Å²) in [5.41, 5.74) is 7.68. The predicted octanol–water partition coefficient (Wildman–Crippen LogP) is 2.05. The maximum atomic E-state index is 12.3. The van der Waals surface area contributed by atoms with Gasteiger partial charge in [0.1, 0.15) is 5.82 Å². The molecule has 0 aliphatic carbocycles. The molecule has 4 heteroatoms. The Morgan fingerprint density at radius 1 is 1.44 bits per heavy atom. The van der Waals surface area contributed by atoms with Crippen molar-refractivity contribution in [3.05, 3.63) is 29.6 Å². The van der Waals surface area contributed by atoms with Crippen molar-refractivity contribution in [2.75, 3.05) is 6.54 Å². The summed E-state index contributed by atoms with van der Waals surface area (Å²) in [4.78, 5) is 16.8. The smallest absolute Gasteiger partial charge is 0.169 e. The van der Waals surface area contributed by atoms with Gasteiger partial charge in [0.05, 0.1) is 11.0 Å². The number of aryl methyl sites for hydroxylation is 2. The molecule has 0 saturated carbocycles. The topological polar surface area (TPSA) is 60.9 Å². The largest absolute Gasteiger partial charge is 0.331 e. The summed E-state index contributed by atoms with van der Waals surface area (Å²) in [5.74, 6) is 1.00. The molecule has 0 radical (unpaired) electrons. The molecule has 0 aliphatic heterocycles. The van der Waals surface area contributed by atoms with Crippen LogP contribution in [0.4, 0.5) is 0 Å². The fourth-order valence-corrected chi connectivity index (χ4v) is 1.94. The van der Waals surface area contributed by atoms with E-state index in [0.29, 0.717) is 12.1 Å². The molecule has 2 rings (SSSR count). The number of ketones is 1. The average Bonchev–Trinajstić information content (AvgIpc) is 2.63. The van der Waals surface area contributed by atoms with Crippen LogP contribution in [-0.2, 0) is 7.05 Å². The molecule has 4 nitrogen and oxygen atoms in total. The van der Waals surface area contributed by atoms with Crippen LogP contribution >= 0.6 is 0 Å². The van der Waals surface area contributed by atoms with Crippen LogP contribution < -0.4 is 5.73 Å². The molecule has 0 spiro atoms. The van der Waals surface area contributed by atoms with Crippen molar-refractivity contribution >= 4 is 16.8 Å². The molecule has 0 unspecified atom stereocenters. The van der Waals surface area contributed by atoms with Gasteiger partial charge in [0.15, 0.2) is 5.78 Å². The third-order valence-electron chi connectivity index (χ3n) is 3.49. The van der Waals surface area contributed by atoms with Crippen LogP contribution in [0.3, 0.4) is 0 Å². The van der Waals surface area contributed by atoms with Gasteiger partial charge < -0.3 is 10.3 Å². The molecule has 0 saturated heterocycles. The Morgan fingerprint density at radius 2 is 2.11 bits per heavy atom. The highest BCUT2D eigenvalue weighted by Gasteiger charge is 2.27. The molecular weight excluding hydrogens is 226 g/mol. The lowest BCUT2D eigenvalue weighted by Crippen LogP contribution is -2.32. The van der Waals surface area contributed by atoms with E-state index >= 15 is 0 Å². The number of carbonyl (C=O) groups excluding carboxylic acids is 1. The third-order valence-corrected chi connectivity index (χ3v) is 3.49. The minimum atomic E-state index is -0.530. The summed E-state index contributed by atoms with van der Waals surface area (Å²) in [6, 6.07) is 5.64. The Kier molecular flexibility index (Phi) is 2.99. The Hall–Kier alpha value is -1.68. The molecule has 0 aliphatic rings. The summed E-state index contributed by atoms with van der Waals surface area (Å²) in [5, 5.41) is 0. The number of fused-ring (bicyclic) bond motifs is 1. The number of aromatic nitrogens is 2. The summed E-state index contributed by atoms with van der Waals surface area (Å²) >= 11 is 0. The molecule has 0 amide bonds. The zero-order valence-electron chi connectivity index (χ0n) is 11.3. The van der Waals surface area contributed by atoms with Gasteiger partial charge in [-0.15, -0.1) is 0 Å². The van der Waals surface area contributed by atoms with E-state index in [9.17, 15) is 4.79 Å². The number of benzene rings is 1. The number of imidazole rings is 1. The Bertz CT molecular complexity index is 611. The molecular formula is C14H19N3O. The summed E-state index contributed by atoms with van der Waals surface area (Å²) < 4.78 is 2.01. The van der Waals surface area contributed by atoms with Crippen LogP contribution in [0.5, 0.6) is 0 Å². The average molecular weight is 245 g/mol. The molecule has 1 aromatic carbocycles. The second kappa shape index (κ2) is 4.21. The fraction of sp³-hybridized carbons (Fsp3) is 0.429. The van der Waals surface area contributed by atoms with E-state index in [-0.39, 0.29) is 5.78 Å². The van der Waals surface area contributed by atoms with Crippen LogP contribution in [0.15, 0.2) is 18.2 Å². The lowest BCUT2D eigenvalue weighted by Gasteiger charge is -2.20. The lowest BCUT2D eigenvalue weighted by molar-refractivity contribution is 0.0847. The van der Waals surface area contributed by atoms with E-state index in [1.54, 1.807) is 0 Å². The van der Waals surface area contributed by atoms with Crippen LogP contribution in [0.2, 0.25) is 0 Å². The summed E-state index contributed by atoms with van der Waals surface area (Å²) in [6.45, 7) is 6.02. The molecule has 18 heavy (non-hydrogen) atoms. The number of nitrogens with zero attached hydrogens (tertiary/aromatic N) is 2. The molecule has 0 fully saturated rings. The Morgan fingerprint density at radius 3 is 2.72 bits per heavy atom. The molecule has 1 aromatic heterocycles. The molecule has 0 atom stereocenters. The number of Topliss-reactive ketones (excluding diaryl/α,β-unsaturated/α-hetero) is 1. The van der Waals surface area contributed by atoms with Crippen LogP contribution in [0.1, 0.15) is 30.0 Å². The monoisotopic (exact) mass is 245 g/mol. The van der Waals surface area contributed by atoms with E-state index in [1.165, 1.54) is 0 Å². The quantitative estimate of drug-likeness (QED) is 0.842. The number of hydrogen-bond acceptors (Lipinski definition) is 3. The minimum absolute atomic E-state index is 0.0650. The molecule has 96 valence electrons. The molecule has 0 bridgehead atoms. The molecule has 2 aromatic rings. The van der Waals surface area contributed by atoms with Crippen molar-refractivity contribution in [1.82, 2.24) is 9.55 Å². The van der Waals surface area contributed by atoms with Crippen molar-refractivity contribution in [3.63, 3.8) is 0 Å². The van der Waals surface area contributed by atoms with Crippen molar-refractivity contribution < 1.29 is 4.79 Å². The van der Waals surface area contributed by atoms with Gasteiger partial charge in [-0.05, 0) is 25.1 Å². The first-order chi connectivity index (χ1) is 8.36. The summed E-state index contributed by atoms with van der Waals surface area (Å²) in [6.07, 6.45) is 0. The SMILES string of the molecule is Cc1nc2cc(C(=O)C(C)(C)CN)ccc2n1C. The van der Waals surface area contributed by atoms with E-state index in [4.69, 9.17) is 5.73 Å². The second-order valence-corrected chi connectivity index (χ2v) is 5.34. The summed E-state index contributed by atoms with van der Waals surface area (Å²) in [7, 11) is 1.97. The highest BCUT2D eigenvalue weighted by Crippen LogP contribution is 2.23. The molecule has 1 heterocycles. The highest BCUT2D eigenvalue weighted by molar-refractivity contribution is 6.02. The Balaban J connectivity index is 2.51. The third kappa shape index (κ3) is 1.93. The fourth-order valence-electron chi connectivity index (χ4n) is 1.94. The molecule has 2 N–H and O–H groups in total. The highest BCUT2D eigenvalue weighted by atomic mass is 16.1. The maximum absolute atomic E-state index is 12.3. The predicted molar refractivity (Wildman–Crippen MR) is 72.6 cm³/mol. The zero-order chi connectivity index (χ0) is 13.5. The minimum Gasteiger partial charge on any atom is -0.331 e. The number of rotatable bonds is 3. The first kappa shape index (κ1) is 12.8.